The van der Waals surface area contributed by atoms with Crippen molar-refractivity contribution >= 4 is 33.3 Å². The van der Waals surface area contributed by atoms with Crippen molar-refractivity contribution in [3.63, 3.8) is 0 Å². The fourth-order valence-electron chi connectivity index (χ4n) is 1.87. The molecular weight excluding hydrogens is 268 g/mol. The number of benzene rings is 2. The Morgan fingerprint density at radius 2 is 2.00 bits per heavy atom. The Labute approximate surface area is 121 Å². The molecule has 0 aliphatic heterocycles. The van der Waals surface area contributed by atoms with Gasteiger partial charge in [0.2, 0.25) is 0 Å². The first kappa shape index (κ1) is 12.7. The molecule has 1 heterocycles. The van der Waals surface area contributed by atoms with Gasteiger partial charge in [-0.1, -0.05) is 18.2 Å². The van der Waals surface area contributed by atoms with Crippen LogP contribution in [0.3, 0.4) is 0 Å². The maximum atomic E-state index is 5.20. The van der Waals surface area contributed by atoms with E-state index in [-0.39, 0.29) is 0 Å². The van der Waals surface area contributed by atoms with E-state index in [1.807, 2.05) is 60.8 Å². The predicted molar refractivity (Wildman–Crippen MR) is 85.3 cm³/mol. The average molecular weight is 282 g/mol. The molecule has 0 radical (unpaired) electrons. The molecule has 0 unspecified atom stereocenters. The van der Waals surface area contributed by atoms with Crippen LogP contribution in [0.2, 0.25) is 0 Å². The molecule has 0 atom stereocenters. The molecule has 3 aromatic rings. The number of methoxy groups -OCH3 is 1. The normalized spacial score (nSPS) is 11.1. The van der Waals surface area contributed by atoms with Crippen LogP contribution in [0.25, 0.3) is 16.3 Å². The Bertz CT molecular complexity index is 735. The summed E-state index contributed by atoms with van der Waals surface area (Å²) in [6.07, 6.45) is 3.88. The molecular formula is C16H14N2OS. The molecule has 0 aliphatic carbocycles. The van der Waals surface area contributed by atoms with Crippen molar-refractivity contribution in [3.05, 3.63) is 59.7 Å². The van der Waals surface area contributed by atoms with Gasteiger partial charge in [-0.3, -0.25) is 0 Å². The second-order valence-corrected chi connectivity index (χ2v) is 5.29. The van der Waals surface area contributed by atoms with E-state index in [4.69, 9.17) is 4.74 Å². The van der Waals surface area contributed by atoms with Crippen molar-refractivity contribution < 1.29 is 4.74 Å². The zero-order valence-electron chi connectivity index (χ0n) is 11.0. The third-order valence-electron chi connectivity index (χ3n) is 2.86. The lowest BCUT2D eigenvalue weighted by Crippen LogP contribution is -1.85. The quantitative estimate of drug-likeness (QED) is 0.770. The van der Waals surface area contributed by atoms with Crippen molar-refractivity contribution in [3.8, 4) is 5.75 Å². The maximum Gasteiger partial charge on any atom is 0.121 e. The maximum absolute atomic E-state index is 5.20. The number of para-hydroxylation sites is 1. The zero-order valence-corrected chi connectivity index (χ0v) is 11.9. The summed E-state index contributed by atoms with van der Waals surface area (Å²) in [5, 5.41) is 4.19. The van der Waals surface area contributed by atoms with Gasteiger partial charge in [0.25, 0.3) is 0 Å². The Morgan fingerprint density at radius 1 is 1.15 bits per heavy atom. The molecule has 0 amide bonds. The smallest absolute Gasteiger partial charge is 0.121 e. The van der Waals surface area contributed by atoms with Crippen molar-refractivity contribution in [1.29, 1.82) is 0 Å². The van der Waals surface area contributed by atoms with E-state index in [1.54, 1.807) is 18.4 Å². The van der Waals surface area contributed by atoms with Crippen LogP contribution in [0, 0.1) is 0 Å². The standard InChI is InChI=1S/C16H14N2OS/c1-19-13-7-8-15-14(11-13)18-16(20-15)9-10-17-12-5-3-2-4-6-12/h2-11,17H,1H3. The van der Waals surface area contributed by atoms with E-state index in [1.165, 1.54) is 0 Å². The summed E-state index contributed by atoms with van der Waals surface area (Å²) in [6, 6.07) is 16.0. The second-order valence-electron chi connectivity index (χ2n) is 4.23. The number of nitrogens with one attached hydrogen (secondary N) is 1. The van der Waals surface area contributed by atoms with Crippen molar-refractivity contribution in [2.75, 3.05) is 12.4 Å². The SMILES string of the molecule is COc1ccc2sc(C=CNc3ccccc3)nc2c1. The molecule has 20 heavy (non-hydrogen) atoms. The largest absolute Gasteiger partial charge is 0.497 e. The lowest BCUT2D eigenvalue weighted by molar-refractivity contribution is 0.415. The summed E-state index contributed by atoms with van der Waals surface area (Å²) in [4.78, 5) is 4.56. The summed E-state index contributed by atoms with van der Waals surface area (Å²) in [6.45, 7) is 0. The second kappa shape index (κ2) is 5.75. The van der Waals surface area contributed by atoms with Gasteiger partial charge in [-0.2, -0.15) is 0 Å². The summed E-state index contributed by atoms with van der Waals surface area (Å²) in [5.74, 6) is 0.834. The van der Waals surface area contributed by atoms with Crippen LogP contribution in [0.1, 0.15) is 5.01 Å². The topological polar surface area (TPSA) is 34.1 Å². The van der Waals surface area contributed by atoms with E-state index in [0.29, 0.717) is 0 Å². The van der Waals surface area contributed by atoms with Crippen LogP contribution >= 0.6 is 11.3 Å². The molecule has 0 aliphatic rings. The number of hydrogen-bond donors (Lipinski definition) is 1. The van der Waals surface area contributed by atoms with Gasteiger partial charge in [-0.25, -0.2) is 4.98 Å². The molecule has 0 saturated heterocycles. The first-order valence-electron chi connectivity index (χ1n) is 6.28. The van der Waals surface area contributed by atoms with Crippen molar-refractivity contribution in [2.24, 2.45) is 0 Å². The number of ether oxygens (including phenoxy) is 1. The number of fused-ring (bicyclic) bond motifs is 1. The average Bonchev–Trinajstić information content (AvgIpc) is 2.90. The third kappa shape index (κ3) is 2.81. The molecule has 100 valence electrons. The molecule has 3 nitrogen and oxygen atoms in total. The molecule has 3 rings (SSSR count). The van der Waals surface area contributed by atoms with Gasteiger partial charge in [0, 0.05) is 18.0 Å². The summed E-state index contributed by atoms with van der Waals surface area (Å²) in [7, 11) is 1.66. The van der Waals surface area contributed by atoms with E-state index in [2.05, 4.69) is 10.3 Å². The predicted octanol–water partition coefficient (Wildman–Crippen LogP) is 4.39. The van der Waals surface area contributed by atoms with Gasteiger partial charge < -0.3 is 10.1 Å². The van der Waals surface area contributed by atoms with E-state index >= 15 is 0 Å². The van der Waals surface area contributed by atoms with Crippen LogP contribution in [0.4, 0.5) is 5.69 Å². The van der Waals surface area contributed by atoms with E-state index < -0.39 is 0 Å². The molecule has 0 spiro atoms. The van der Waals surface area contributed by atoms with Crippen LogP contribution in [-0.4, -0.2) is 12.1 Å². The molecule has 0 bridgehead atoms. The van der Waals surface area contributed by atoms with Crippen LogP contribution in [0.5, 0.6) is 5.75 Å². The number of thiazole rings is 1. The molecule has 2 aromatic carbocycles. The number of hydrogen-bond acceptors (Lipinski definition) is 4. The van der Waals surface area contributed by atoms with Gasteiger partial charge in [0.05, 0.1) is 17.3 Å². The van der Waals surface area contributed by atoms with Crippen LogP contribution < -0.4 is 10.1 Å². The van der Waals surface area contributed by atoms with Gasteiger partial charge in [-0.05, 0) is 30.3 Å². The zero-order chi connectivity index (χ0) is 13.8. The molecule has 1 aromatic heterocycles. The number of aromatic nitrogens is 1. The van der Waals surface area contributed by atoms with Crippen LogP contribution in [-0.2, 0) is 0 Å². The Kier molecular flexibility index (Phi) is 3.65. The summed E-state index contributed by atoms with van der Waals surface area (Å²) in [5.41, 5.74) is 2.03. The van der Waals surface area contributed by atoms with Crippen LogP contribution in [0.15, 0.2) is 54.7 Å². The minimum atomic E-state index is 0.834. The van der Waals surface area contributed by atoms with Crippen molar-refractivity contribution in [1.82, 2.24) is 4.98 Å². The lowest BCUT2D eigenvalue weighted by Gasteiger charge is -1.97. The number of anilines is 1. The first-order chi connectivity index (χ1) is 9.85. The molecule has 0 saturated carbocycles. The van der Waals surface area contributed by atoms with E-state index in [9.17, 15) is 0 Å². The highest BCUT2D eigenvalue weighted by Crippen LogP contribution is 2.26. The monoisotopic (exact) mass is 282 g/mol. The first-order valence-corrected chi connectivity index (χ1v) is 7.09. The fourth-order valence-corrected chi connectivity index (χ4v) is 2.72. The highest BCUT2D eigenvalue weighted by Gasteiger charge is 2.02. The number of rotatable bonds is 4. The third-order valence-corrected chi connectivity index (χ3v) is 3.86. The highest BCUT2D eigenvalue weighted by molar-refractivity contribution is 7.19. The van der Waals surface area contributed by atoms with E-state index in [0.717, 1.165) is 26.7 Å². The fraction of sp³-hybridized carbons (Fsp3) is 0.0625. The molecule has 0 fully saturated rings. The Balaban J connectivity index is 1.77. The summed E-state index contributed by atoms with van der Waals surface area (Å²) >= 11 is 1.66. The molecule has 1 N–H and O–H groups in total. The van der Waals surface area contributed by atoms with Crippen molar-refractivity contribution in [2.45, 2.75) is 0 Å². The van der Waals surface area contributed by atoms with Gasteiger partial charge in [0.15, 0.2) is 0 Å². The van der Waals surface area contributed by atoms with Gasteiger partial charge in [-0.15, -0.1) is 11.3 Å². The van der Waals surface area contributed by atoms with Gasteiger partial charge in [0.1, 0.15) is 10.8 Å². The summed E-state index contributed by atoms with van der Waals surface area (Å²) < 4.78 is 6.36. The lowest BCUT2D eigenvalue weighted by atomic mass is 10.3. The molecule has 4 heteroatoms. The van der Waals surface area contributed by atoms with Gasteiger partial charge >= 0.3 is 0 Å². The minimum Gasteiger partial charge on any atom is -0.497 e. The Morgan fingerprint density at radius 3 is 2.80 bits per heavy atom. The highest BCUT2D eigenvalue weighted by atomic mass is 32.1. The number of nitrogens with zero attached hydrogens (tertiary/aromatic N) is 1. The minimum absolute atomic E-state index is 0.834. The Hall–Kier alpha value is -2.33.